The van der Waals surface area contributed by atoms with Gasteiger partial charge in [0.05, 0.1) is 18.4 Å². The zero-order chi connectivity index (χ0) is 17.0. The number of methoxy groups -OCH3 is 1. The van der Waals surface area contributed by atoms with Crippen LogP contribution in [0.3, 0.4) is 0 Å². The molecule has 0 saturated carbocycles. The van der Waals surface area contributed by atoms with Gasteiger partial charge in [-0.05, 0) is 17.7 Å². The molecule has 1 aliphatic heterocycles. The van der Waals surface area contributed by atoms with Crippen molar-refractivity contribution < 1.29 is 18.7 Å². The molecule has 0 aliphatic carbocycles. The van der Waals surface area contributed by atoms with E-state index >= 15 is 0 Å². The van der Waals surface area contributed by atoms with Gasteiger partial charge in [-0.3, -0.25) is 4.90 Å². The van der Waals surface area contributed by atoms with Crippen LogP contribution in [0.25, 0.3) is 6.08 Å². The Kier molecular flexibility index (Phi) is 4.95. The van der Waals surface area contributed by atoms with Gasteiger partial charge >= 0.3 is 12.0 Å². The number of amides is 2. The number of likely N-dealkylation sites (N-methyl/N-ethyl adjacent to an activating group) is 1. The maximum absolute atomic E-state index is 14.0. The maximum atomic E-state index is 14.0. The summed E-state index contributed by atoms with van der Waals surface area (Å²) in [5, 5.41) is 0. The fourth-order valence-electron chi connectivity index (χ4n) is 2.16. The molecular formula is C17H17FN2O3. The lowest BCUT2D eigenvalue weighted by Gasteiger charge is -2.28. The number of hydrogen-bond donors (Lipinski definition) is 0. The van der Waals surface area contributed by atoms with E-state index in [1.54, 1.807) is 36.4 Å². The van der Waals surface area contributed by atoms with Crippen molar-refractivity contribution in [3.05, 3.63) is 65.3 Å². The fourth-order valence-corrected chi connectivity index (χ4v) is 2.16. The van der Waals surface area contributed by atoms with E-state index in [2.05, 4.69) is 0 Å². The number of benzene rings is 1. The first-order valence-electron chi connectivity index (χ1n) is 6.89. The van der Waals surface area contributed by atoms with E-state index in [-0.39, 0.29) is 11.7 Å². The summed E-state index contributed by atoms with van der Waals surface area (Å²) in [4.78, 5) is 25.9. The van der Waals surface area contributed by atoms with Crippen LogP contribution in [-0.4, -0.2) is 43.0 Å². The third-order valence-electron chi connectivity index (χ3n) is 3.40. The molecule has 0 bridgehead atoms. The molecule has 6 heteroatoms. The van der Waals surface area contributed by atoms with Gasteiger partial charge < -0.3 is 9.64 Å². The summed E-state index contributed by atoms with van der Waals surface area (Å²) in [6.45, 7) is 0. The Hall–Kier alpha value is -2.89. The summed E-state index contributed by atoms with van der Waals surface area (Å²) >= 11 is 0. The van der Waals surface area contributed by atoms with Crippen molar-refractivity contribution in [1.29, 1.82) is 0 Å². The van der Waals surface area contributed by atoms with Crippen molar-refractivity contribution in [2.75, 3.05) is 21.2 Å². The van der Waals surface area contributed by atoms with Crippen LogP contribution >= 0.6 is 0 Å². The number of carbonyl (C=O) groups excluding carboxylic acids is 2. The first kappa shape index (κ1) is 16.5. The van der Waals surface area contributed by atoms with Crippen molar-refractivity contribution in [3.63, 3.8) is 0 Å². The Labute approximate surface area is 133 Å². The number of allylic oxidation sites excluding steroid dienone is 3. The number of urea groups is 1. The van der Waals surface area contributed by atoms with E-state index in [1.807, 2.05) is 0 Å². The van der Waals surface area contributed by atoms with Gasteiger partial charge in [0, 0.05) is 20.3 Å². The SMILES string of the molecule is COC(=O)c1ccccc1/C=C/C=C1/C(F)=CN(C)C(=O)N1C. The first-order valence-corrected chi connectivity index (χ1v) is 6.89. The van der Waals surface area contributed by atoms with Crippen molar-refractivity contribution in [2.45, 2.75) is 0 Å². The van der Waals surface area contributed by atoms with Crippen LogP contribution in [-0.2, 0) is 4.74 Å². The molecule has 2 rings (SSSR count). The molecule has 1 aromatic carbocycles. The van der Waals surface area contributed by atoms with Crippen molar-refractivity contribution in [3.8, 4) is 0 Å². The highest BCUT2D eigenvalue weighted by Gasteiger charge is 2.25. The normalized spacial score (nSPS) is 17.0. The molecule has 1 aliphatic rings. The molecule has 0 unspecified atom stereocenters. The lowest BCUT2D eigenvalue weighted by Crippen LogP contribution is -2.39. The summed E-state index contributed by atoms with van der Waals surface area (Å²) in [6.07, 6.45) is 5.85. The van der Waals surface area contributed by atoms with E-state index in [9.17, 15) is 14.0 Å². The highest BCUT2D eigenvalue weighted by atomic mass is 19.1. The molecule has 2 amide bonds. The van der Waals surface area contributed by atoms with Crippen LogP contribution in [0.4, 0.5) is 9.18 Å². The minimum atomic E-state index is -0.513. The molecular weight excluding hydrogens is 299 g/mol. The smallest absolute Gasteiger partial charge is 0.338 e. The molecule has 0 N–H and O–H groups in total. The molecule has 0 spiro atoms. The Balaban J connectivity index is 2.30. The molecule has 1 aromatic rings. The largest absolute Gasteiger partial charge is 0.465 e. The maximum Gasteiger partial charge on any atom is 0.338 e. The second-order valence-electron chi connectivity index (χ2n) is 4.92. The number of halogens is 1. The van der Waals surface area contributed by atoms with E-state index in [0.717, 1.165) is 6.20 Å². The minimum absolute atomic E-state index is 0.153. The third kappa shape index (κ3) is 3.48. The van der Waals surface area contributed by atoms with Gasteiger partial charge in [0.2, 0.25) is 0 Å². The Bertz CT molecular complexity index is 722. The average Bonchev–Trinajstić information content (AvgIpc) is 2.55. The fraction of sp³-hybridized carbons (Fsp3) is 0.176. The second kappa shape index (κ2) is 6.91. The van der Waals surface area contributed by atoms with Crippen LogP contribution < -0.4 is 0 Å². The van der Waals surface area contributed by atoms with Crippen molar-refractivity contribution in [1.82, 2.24) is 9.80 Å². The predicted octanol–water partition coefficient (Wildman–Crippen LogP) is 3.18. The standard InChI is InChI=1S/C17H17FN2O3/c1-19-11-14(18)15(20(2)17(19)22)10-6-8-12-7-4-5-9-13(12)16(21)23-3/h4-11H,1-3H3/b8-6+,15-10-. The van der Waals surface area contributed by atoms with E-state index < -0.39 is 11.8 Å². The third-order valence-corrected chi connectivity index (χ3v) is 3.40. The van der Waals surface area contributed by atoms with Gasteiger partial charge in [-0.2, -0.15) is 0 Å². The number of nitrogens with zero attached hydrogens (tertiary/aromatic N) is 2. The van der Waals surface area contributed by atoms with Crippen LogP contribution in [0.15, 0.2) is 54.1 Å². The van der Waals surface area contributed by atoms with Gasteiger partial charge in [0.25, 0.3) is 0 Å². The van der Waals surface area contributed by atoms with Gasteiger partial charge in [0.1, 0.15) is 0 Å². The van der Waals surface area contributed by atoms with Crippen LogP contribution in [0, 0.1) is 0 Å². The summed E-state index contributed by atoms with van der Waals surface area (Å²) in [5.41, 5.74) is 1.20. The number of rotatable bonds is 3. The number of esters is 1. The lowest BCUT2D eigenvalue weighted by molar-refractivity contribution is 0.0600. The number of ether oxygens (including phenoxy) is 1. The molecule has 120 valence electrons. The molecule has 0 fully saturated rings. The molecule has 23 heavy (non-hydrogen) atoms. The molecule has 1 heterocycles. The Morgan fingerprint density at radius 3 is 2.65 bits per heavy atom. The minimum Gasteiger partial charge on any atom is -0.465 e. The summed E-state index contributed by atoms with van der Waals surface area (Å²) in [6, 6.07) is 6.57. The molecule has 0 atom stereocenters. The van der Waals surface area contributed by atoms with Gasteiger partial charge in [0.15, 0.2) is 5.83 Å². The highest BCUT2D eigenvalue weighted by molar-refractivity contribution is 5.93. The quantitative estimate of drug-likeness (QED) is 0.805. The Morgan fingerprint density at radius 1 is 1.26 bits per heavy atom. The average molecular weight is 316 g/mol. The molecule has 5 nitrogen and oxygen atoms in total. The Morgan fingerprint density at radius 2 is 1.96 bits per heavy atom. The summed E-state index contributed by atoms with van der Waals surface area (Å²) < 4.78 is 18.7. The first-order chi connectivity index (χ1) is 11.0. The molecule has 0 saturated heterocycles. The van der Waals surface area contributed by atoms with Gasteiger partial charge in [-0.25, -0.2) is 14.0 Å². The number of hydrogen-bond acceptors (Lipinski definition) is 3. The predicted molar refractivity (Wildman–Crippen MR) is 85.0 cm³/mol. The van der Waals surface area contributed by atoms with E-state index in [0.29, 0.717) is 11.1 Å². The lowest BCUT2D eigenvalue weighted by atomic mass is 10.1. The second-order valence-corrected chi connectivity index (χ2v) is 4.92. The van der Waals surface area contributed by atoms with Crippen molar-refractivity contribution in [2.24, 2.45) is 0 Å². The molecule has 0 radical (unpaired) electrons. The van der Waals surface area contributed by atoms with Crippen LogP contribution in [0.1, 0.15) is 15.9 Å². The zero-order valence-electron chi connectivity index (χ0n) is 13.1. The van der Waals surface area contributed by atoms with E-state index in [1.165, 1.54) is 37.1 Å². The van der Waals surface area contributed by atoms with Crippen LogP contribution in [0.2, 0.25) is 0 Å². The number of carbonyl (C=O) groups is 2. The summed E-state index contributed by atoms with van der Waals surface area (Å²) in [5.74, 6) is -0.962. The highest BCUT2D eigenvalue weighted by Crippen LogP contribution is 2.22. The summed E-state index contributed by atoms with van der Waals surface area (Å²) in [7, 11) is 4.29. The monoisotopic (exact) mass is 316 g/mol. The van der Waals surface area contributed by atoms with Crippen LogP contribution in [0.5, 0.6) is 0 Å². The van der Waals surface area contributed by atoms with Gasteiger partial charge in [-0.1, -0.05) is 30.4 Å². The van der Waals surface area contributed by atoms with Gasteiger partial charge in [-0.15, -0.1) is 0 Å². The molecule has 0 aromatic heterocycles. The zero-order valence-corrected chi connectivity index (χ0v) is 13.1. The van der Waals surface area contributed by atoms with E-state index in [4.69, 9.17) is 4.74 Å². The topological polar surface area (TPSA) is 49.9 Å². The van der Waals surface area contributed by atoms with Crippen molar-refractivity contribution >= 4 is 18.1 Å².